The monoisotopic (exact) mass is 163 g/mol. The molecule has 3 nitrogen and oxygen atoms in total. The number of rotatable bonds is 0. The SMILES string of the molecule is O=C1Cc2cccc(O)c2CN1. The van der Waals surface area contributed by atoms with Crippen LogP contribution in [0, 0.1) is 0 Å². The largest absolute Gasteiger partial charge is 0.508 e. The summed E-state index contributed by atoms with van der Waals surface area (Å²) >= 11 is 0. The first kappa shape index (κ1) is 7.16. The second-order valence-corrected chi connectivity index (χ2v) is 2.87. The van der Waals surface area contributed by atoms with Gasteiger partial charge in [0.25, 0.3) is 0 Å². The van der Waals surface area contributed by atoms with E-state index in [1.54, 1.807) is 12.1 Å². The number of benzene rings is 1. The third-order valence-electron chi connectivity index (χ3n) is 2.06. The molecule has 0 unspecified atom stereocenters. The van der Waals surface area contributed by atoms with Gasteiger partial charge in [-0.1, -0.05) is 12.1 Å². The van der Waals surface area contributed by atoms with E-state index in [2.05, 4.69) is 5.32 Å². The van der Waals surface area contributed by atoms with Crippen molar-refractivity contribution in [2.75, 3.05) is 0 Å². The van der Waals surface area contributed by atoms with Crippen molar-refractivity contribution in [1.82, 2.24) is 5.32 Å². The maximum absolute atomic E-state index is 10.9. The summed E-state index contributed by atoms with van der Waals surface area (Å²) < 4.78 is 0. The van der Waals surface area contributed by atoms with Crippen molar-refractivity contribution in [3.63, 3.8) is 0 Å². The summed E-state index contributed by atoms with van der Waals surface area (Å²) in [4.78, 5) is 10.9. The molecule has 1 aromatic carbocycles. The topological polar surface area (TPSA) is 49.3 Å². The van der Waals surface area contributed by atoms with Crippen molar-refractivity contribution in [2.24, 2.45) is 0 Å². The Balaban J connectivity index is 2.48. The fourth-order valence-corrected chi connectivity index (χ4v) is 1.41. The van der Waals surface area contributed by atoms with Gasteiger partial charge in [0.1, 0.15) is 5.75 Å². The minimum absolute atomic E-state index is 0.0214. The van der Waals surface area contributed by atoms with Gasteiger partial charge in [0.2, 0.25) is 5.91 Å². The second-order valence-electron chi connectivity index (χ2n) is 2.87. The van der Waals surface area contributed by atoms with Crippen LogP contribution < -0.4 is 5.32 Å². The lowest BCUT2D eigenvalue weighted by Crippen LogP contribution is -2.30. The van der Waals surface area contributed by atoms with Crippen molar-refractivity contribution in [2.45, 2.75) is 13.0 Å². The molecule has 2 N–H and O–H groups in total. The van der Waals surface area contributed by atoms with Crippen LogP contribution in [-0.4, -0.2) is 11.0 Å². The van der Waals surface area contributed by atoms with Gasteiger partial charge in [0.15, 0.2) is 0 Å². The molecular formula is C9H9NO2. The molecule has 1 aliphatic heterocycles. The number of phenols is 1. The number of carbonyl (C=O) groups excluding carboxylic acids is 1. The van der Waals surface area contributed by atoms with Crippen LogP contribution in [-0.2, 0) is 17.8 Å². The maximum atomic E-state index is 10.9. The molecule has 12 heavy (non-hydrogen) atoms. The maximum Gasteiger partial charge on any atom is 0.224 e. The number of hydrogen-bond acceptors (Lipinski definition) is 2. The molecule has 0 fully saturated rings. The highest BCUT2D eigenvalue weighted by Crippen LogP contribution is 2.23. The Labute approximate surface area is 70.0 Å². The van der Waals surface area contributed by atoms with Crippen molar-refractivity contribution in [1.29, 1.82) is 0 Å². The van der Waals surface area contributed by atoms with E-state index in [1.165, 1.54) is 0 Å². The first-order valence-electron chi connectivity index (χ1n) is 3.84. The molecule has 0 radical (unpaired) electrons. The summed E-state index contributed by atoms with van der Waals surface area (Å²) in [6.45, 7) is 0.445. The molecule has 0 saturated carbocycles. The van der Waals surface area contributed by atoms with Gasteiger partial charge < -0.3 is 10.4 Å². The molecule has 0 bridgehead atoms. The third-order valence-corrected chi connectivity index (χ3v) is 2.06. The van der Waals surface area contributed by atoms with Gasteiger partial charge in [-0.2, -0.15) is 0 Å². The van der Waals surface area contributed by atoms with E-state index in [0.29, 0.717) is 13.0 Å². The molecule has 0 spiro atoms. The standard InChI is InChI=1S/C9H9NO2/c11-8-3-1-2-6-4-9(12)10-5-7(6)8/h1-3,11H,4-5H2,(H,10,12). The van der Waals surface area contributed by atoms with E-state index in [1.807, 2.05) is 6.07 Å². The summed E-state index contributed by atoms with van der Waals surface area (Å²) in [6.07, 6.45) is 0.379. The quantitative estimate of drug-likeness (QED) is 0.587. The Morgan fingerprint density at radius 1 is 1.42 bits per heavy atom. The Bertz CT molecular complexity index is 333. The lowest BCUT2D eigenvalue weighted by Gasteiger charge is -2.16. The third kappa shape index (κ3) is 1.03. The summed E-state index contributed by atoms with van der Waals surface area (Å²) in [5.74, 6) is 0.292. The highest BCUT2D eigenvalue weighted by atomic mass is 16.3. The minimum atomic E-state index is 0.0214. The van der Waals surface area contributed by atoms with E-state index in [4.69, 9.17) is 0 Å². The highest BCUT2D eigenvalue weighted by Gasteiger charge is 2.16. The Morgan fingerprint density at radius 3 is 3.08 bits per heavy atom. The fraction of sp³-hybridized carbons (Fsp3) is 0.222. The first-order chi connectivity index (χ1) is 5.77. The number of carbonyl (C=O) groups is 1. The predicted molar refractivity (Wildman–Crippen MR) is 43.7 cm³/mol. The zero-order valence-electron chi connectivity index (χ0n) is 6.50. The molecule has 1 heterocycles. The lowest BCUT2D eigenvalue weighted by molar-refractivity contribution is -0.121. The minimum Gasteiger partial charge on any atom is -0.508 e. The molecule has 0 atom stereocenters. The van der Waals surface area contributed by atoms with Crippen molar-refractivity contribution in [3.05, 3.63) is 29.3 Å². The molecule has 0 saturated heterocycles. The molecule has 2 rings (SSSR count). The van der Waals surface area contributed by atoms with Gasteiger partial charge in [0.05, 0.1) is 6.42 Å². The first-order valence-corrected chi connectivity index (χ1v) is 3.84. The molecule has 62 valence electrons. The molecule has 0 aromatic heterocycles. The molecule has 1 aliphatic rings. The zero-order chi connectivity index (χ0) is 8.55. The number of phenolic OH excluding ortho intramolecular Hbond substituents is 1. The summed E-state index contributed by atoms with van der Waals surface area (Å²) in [5.41, 5.74) is 1.77. The molecular weight excluding hydrogens is 154 g/mol. The van der Waals surface area contributed by atoms with Gasteiger partial charge in [-0.15, -0.1) is 0 Å². The van der Waals surface area contributed by atoms with E-state index >= 15 is 0 Å². The van der Waals surface area contributed by atoms with Crippen molar-refractivity contribution in [3.8, 4) is 5.75 Å². The number of nitrogens with one attached hydrogen (secondary N) is 1. The molecule has 3 heteroatoms. The van der Waals surface area contributed by atoms with Crippen LogP contribution in [0.4, 0.5) is 0 Å². The van der Waals surface area contributed by atoms with Crippen LogP contribution >= 0.6 is 0 Å². The van der Waals surface area contributed by atoms with Gasteiger partial charge in [-0.3, -0.25) is 4.79 Å². The predicted octanol–water partition coefficient (Wildman–Crippen LogP) is 0.565. The highest BCUT2D eigenvalue weighted by molar-refractivity contribution is 5.81. The van der Waals surface area contributed by atoms with Crippen LogP contribution in [0.25, 0.3) is 0 Å². The van der Waals surface area contributed by atoms with Crippen LogP contribution in [0.5, 0.6) is 5.75 Å². The Hall–Kier alpha value is -1.51. The Kier molecular flexibility index (Phi) is 1.50. The van der Waals surface area contributed by atoms with Gasteiger partial charge >= 0.3 is 0 Å². The zero-order valence-corrected chi connectivity index (χ0v) is 6.50. The Morgan fingerprint density at radius 2 is 2.25 bits per heavy atom. The van der Waals surface area contributed by atoms with E-state index in [9.17, 15) is 9.90 Å². The van der Waals surface area contributed by atoms with Gasteiger partial charge in [0, 0.05) is 12.1 Å². The van der Waals surface area contributed by atoms with Crippen LogP contribution in [0.15, 0.2) is 18.2 Å². The molecule has 1 aromatic rings. The van der Waals surface area contributed by atoms with Crippen LogP contribution in [0.2, 0.25) is 0 Å². The second kappa shape index (κ2) is 2.52. The average Bonchev–Trinajstić information content (AvgIpc) is 2.04. The van der Waals surface area contributed by atoms with E-state index in [-0.39, 0.29) is 11.7 Å². The average molecular weight is 163 g/mol. The summed E-state index contributed by atoms with van der Waals surface area (Å²) in [7, 11) is 0. The summed E-state index contributed by atoms with van der Waals surface area (Å²) in [6, 6.07) is 5.26. The molecule has 0 aliphatic carbocycles. The van der Waals surface area contributed by atoms with Crippen LogP contribution in [0.3, 0.4) is 0 Å². The smallest absolute Gasteiger partial charge is 0.224 e. The number of amides is 1. The van der Waals surface area contributed by atoms with Crippen molar-refractivity contribution < 1.29 is 9.90 Å². The van der Waals surface area contributed by atoms with Crippen molar-refractivity contribution >= 4 is 5.91 Å². The summed E-state index contributed by atoms with van der Waals surface area (Å²) in [5, 5.41) is 12.1. The van der Waals surface area contributed by atoms with Crippen LogP contribution in [0.1, 0.15) is 11.1 Å². The van der Waals surface area contributed by atoms with Gasteiger partial charge in [-0.25, -0.2) is 0 Å². The number of fused-ring (bicyclic) bond motifs is 1. The normalized spacial score (nSPS) is 15.2. The number of hydrogen-bond donors (Lipinski definition) is 2. The van der Waals surface area contributed by atoms with Gasteiger partial charge in [-0.05, 0) is 11.6 Å². The fourth-order valence-electron chi connectivity index (χ4n) is 1.41. The molecule has 1 amide bonds. The lowest BCUT2D eigenvalue weighted by atomic mass is 10.00. The number of aromatic hydroxyl groups is 1. The van der Waals surface area contributed by atoms with E-state index < -0.39 is 0 Å². The van der Waals surface area contributed by atoms with E-state index in [0.717, 1.165) is 11.1 Å².